The molecule has 0 aliphatic rings. The van der Waals surface area contributed by atoms with E-state index in [0.29, 0.717) is 22.5 Å². The second-order valence-electron chi connectivity index (χ2n) is 7.41. The molecule has 0 amide bonds. The summed E-state index contributed by atoms with van der Waals surface area (Å²) >= 11 is 0. The number of benzene rings is 4. The van der Waals surface area contributed by atoms with Crippen molar-refractivity contribution in [1.82, 2.24) is 0 Å². The lowest BCUT2D eigenvalue weighted by Crippen LogP contribution is -2.04. The van der Waals surface area contributed by atoms with Gasteiger partial charge in [0.25, 0.3) is 0 Å². The Morgan fingerprint density at radius 2 is 0.824 bits per heavy atom. The summed E-state index contributed by atoms with van der Waals surface area (Å²) in [5.41, 5.74) is 0.770. The second kappa shape index (κ2) is 9.13. The zero-order chi connectivity index (χ0) is 24.3. The molecule has 0 aliphatic carbocycles. The van der Waals surface area contributed by atoms with Gasteiger partial charge in [0, 0.05) is 23.2 Å². The Morgan fingerprint density at radius 3 is 1.15 bits per heavy atom. The minimum Gasteiger partial charge on any atom is -0.256 e. The molecule has 0 atom stereocenters. The first kappa shape index (κ1) is 23.2. The van der Waals surface area contributed by atoms with Crippen LogP contribution in [0.15, 0.2) is 94.9 Å². The van der Waals surface area contributed by atoms with Crippen LogP contribution in [-0.4, -0.2) is 12.4 Å². The summed E-state index contributed by atoms with van der Waals surface area (Å²) in [7, 11) is 0. The van der Waals surface area contributed by atoms with Gasteiger partial charge in [-0.1, -0.05) is 48.5 Å². The minimum atomic E-state index is -4.40. The zero-order valence-electron chi connectivity index (χ0n) is 17.4. The molecule has 4 aromatic carbocycles. The van der Waals surface area contributed by atoms with Crippen LogP contribution in [0.4, 0.5) is 37.7 Å². The molecule has 0 bridgehead atoms. The molecule has 0 unspecified atom stereocenters. The smallest absolute Gasteiger partial charge is 0.256 e. The summed E-state index contributed by atoms with van der Waals surface area (Å²) < 4.78 is 76.4. The molecule has 0 saturated heterocycles. The summed E-state index contributed by atoms with van der Waals surface area (Å²) in [5.74, 6) is 0. The van der Waals surface area contributed by atoms with Gasteiger partial charge in [-0.15, -0.1) is 0 Å². The summed E-state index contributed by atoms with van der Waals surface area (Å²) in [5, 5.41) is 1.54. The highest BCUT2D eigenvalue weighted by Gasteiger charge is 2.30. The quantitative estimate of drug-likeness (QED) is 0.211. The monoisotopic (exact) mass is 470 g/mol. The van der Waals surface area contributed by atoms with E-state index < -0.39 is 23.5 Å². The van der Waals surface area contributed by atoms with E-state index in [1.807, 2.05) is 12.1 Å². The van der Waals surface area contributed by atoms with Gasteiger partial charge in [-0.05, 0) is 47.5 Å². The Bertz CT molecular complexity index is 1240. The molecule has 8 heteroatoms. The highest BCUT2D eigenvalue weighted by Crippen LogP contribution is 2.33. The van der Waals surface area contributed by atoms with Crippen LogP contribution in [-0.2, 0) is 12.4 Å². The third-order valence-electron chi connectivity index (χ3n) is 5.06. The molecule has 0 saturated carbocycles. The number of rotatable bonds is 4. The van der Waals surface area contributed by atoms with Crippen molar-refractivity contribution in [3.63, 3.8) is 0 Å². The number of halogens is 6. The summed E-state index contributed by atoms with van der Waals surface area (Å²) in [6.45, 7) is 0. The molecule has 4 rings (SSSR count). The zero-order valence-corrected chi connectivity index (χ0v) is 17.4. The fourth-order valence-electron chi connectivity index (χ4n) is 3.31. The Morgan fingerprint density at radius 1 is 0.471 bits per heavy atom. The average molecular weight is 470 g/mol. The first-order valence-corrected chi connectivity index (χ1v) is 10.1. The van der Waals surface area contributed by atoms with Crippen LogP contribution in [0.5, 0.6) is 0 Å². The van der Waals surface area contributed by atoms with E-state index in [4.69, 9.17) is 0 Å². The van der Waals surface area contributed by atoms with E-state index >= 15 is 0 Å². The van der Waals surface area contributed by atoms with Crippen molar-refractivity contribution < 1.29 is 26.3 Å². The van der Waals surface area contributed by atoms with E-state index in [1.165, 1.54) is 36.7 Å². The molecule has 0 aromatic heterocycles. The Hall–Kier alpha value is -3.94. The predicted molar refractivity (Wildman–Crippen MR) is 121 cm³/mol. The largest absolute Gasteiger partial charge is 0.416 e. The lowest BCUT2D eigenvalue weighted by Gasteiger charge is -2.07. The fourth-order valence-corrected chi connectivity index (χ4v) is 3.31. The highest BCUT2D eigenvalue weighted by molar-refractivity contribution is 6.02. The molecule has 0 heterocycles. The van der Waals surface area contributed by atoms with Crippen LogP contribution < -0.4 is 0 Å². The Balaban J connectivity index is 1.60. The number of hydrogen-bond acceptors (Lipinski definition) is 2. The Kier molecular flexibility index (Phi) is 6.24. The van der Waals surface area contributed by atoms with E-state index in [9.17, 15) is 26.3 Å². The van der Waals surface area contributed by atoms with Gasteiger partial charge < -0.3 is 0 Å². The molecule has 172 valence electrons. The second-order valence-corrected chi connectivity index (χ2v) is 7.41. The third kappa shape index (κ3) is 5.33. The fraction of sp³-hybridized carbons (Fsp3) is 0.0769. The van der Waals surface area contributed by atoms with Gasteiger partial charge in [0.2, 0.25) is 0 Å². The van der Waals surface area contributed by atoms with Crippen molar-refractivity contribution in [3.8, 4) is 0 Å². The molecule has 0 radical (unpaired) electrons. The van der Waals surface area contributed by atoms with Crippen LogP contribution in [0, 0.1) is 0 Å². The van der Waals surface area contributed by atoms with E-state index in [2.05, 4.69) is 9.98 Å². The molecule has 2 nitrogen and oxygen atoms in total. The molecule has 34 heavy (non-hydrogen) atoms. The number of nitrogens with zero attached hydrogens (tertiary/aromatic N) is 2. The molecule has 4 aromatic rings. The van der Waals surface area contributed by atoms with Gasteiger partial charge in [0.1, 0.15) is 0 Å². The number of hydrogen-bond donors (Lipinski definition) is 0. The third-order valence-corrected chi connectivity index (χ3v) is 5.06. The van der Waals surface area contributed by atoms with Crippen molar-refractivity contribution in [2.75, 3.05) is 0 Å². The van der Waals surface area contributed by atoms with Crippen LogP contribution >= 0.6 is 0 Å². The van der Waals surface area contributed by atoms with Gasteiger partial charge in [0.15, 0.2) is 0 Å². The normalized spacial score (nSPS) is 12.8. The van der Waals surface area contributed by atoms with E-state index in [0.717, 1.165) is 35.0 Å². The van der Waals surface area contributed by atoms with Gasteiger partial charge in [0.05, 0.1) is 22.5 Å². The van der Waals surface area contributed by atoms with Crippen LogP contribution in [0.1, 0.15) is 22.3 Å². The standard InChI is InChI=1S/C26H16F6N2/c27-25(28,29)19-11-7-17(8-12-19)15-33-23-5-1-3-21-22(23)4-2-6-24(21)34-16-18-9-13-20(14-10-18)26(30,31)32/h1-16H. The summed E-state index contributed by atoms with van der Waals surface area (Å²) in [4.78, 5) is 8.85. The van der Waals surface area contributed by atoms with Crippen molar-refractivity contribution >= 4 is 34.6 Å². The van der Waals surface area contributed by atoms with Crippen molar-refractivity contribution in [2.45, 2.75) is 12.4 Å². The van der Waals surface area contributed by atoms with Crippen LogP contribution in [0.25, 0.3) is 10.8 Å². The molecule has 0 aliphatic heterocycles. The van der Waals surface area contributed by atoms with Crippen LogP contribution in [0.2, 0.25) is 0 Å². The Labute approximate surface area is 190 Å². The molecular weight excluding hydrogens is 454 g/mol. The topological polar surface area (TPSA) is 24.7 Å². The molecular formula is C26H16F6N2. The van der Waals surface area contributed by atoms with Gasteiger partial charge in [-0.2, -0.15) is 26.3 Å². The number of fused-ring (bicyclic) bond motifs is 1. The van der Waals surface area contributed by atoms with Gasteiger partial charge in [-0.25, -0.2) is 0 Å². The predicted octanol–water partition coefficient (Wildman–Crippen LogP) is 8.38. The SMILES string of the molecule is FC(F)(F)c1ccc(C=Nc2cccc3c(N=Cc4ccc(C(F)(F)F)cc4)cccc23)cc1. The van der Waals surface area contributed by atoms with Crippen molar-refractivity contribution in [1.29, 1.82) is 0 Å². The van der Waals surface area contributed by atoms with Gasteiger partial charge >= 0.3 is 12.4 Å². The average Bonchev–Trinajstić information content (AvgIpc) is 2.80. The maximum atomic E-state index is 12.7. The summed E-state index contributed by atoms with van der Waals surface area (Å²) in [6.07, 6.45) is -5.84. The summed E-state index contributed by atoms with van der Waals surface area (Å²) in [6, 6.07) is 20.1. The maximum absolute atomic E-state index is 12.7. The molecule has 0 N–H and O–H groups in total. The lowest BCUT2D eigenvalue weighted by atomic mass is 10.1. The van der Waals surface area contributed by atoms with Crippen LogP contribution in [0.3, 0.4) is 0 Å². The first-order valence-electron chi connectivity index (χ1n) is 10.1. The van der Waals surface area contributed by atoms with Crippen molar-refractivity contribution in [2.24, 2.45) is 9.98 Å². The van der Waals surface area contributed by atoms with Crippen molar-refractivity contribution in [3.05, 3.63) is 107 Å². The minimum absolute atomic E-state index is 0.515. The van der Waals surface area contributed by atoms with Gasteiger partial charge in [-0.3, -0.25) is 9.98 Å². The number of aliphatic imine (C=N–C) groups is 2. The maximum Gasteiger partial charge on any atom is 0.416 e. The van der Waals surface area contributed by atoms with E-state index in [1.54, 1.807) is 24.3 Å². The molecule has 0 fully saturated rings. The highest BCUT2D eigenvalue weighted by atomic mass is 19.4. The first-order chi connectivity index (χ1) is 16.1. The number of alkyl halides is 6. The lowest BCUT2D eigenvalue weighted by molar-refractivity contribution is -0.138. The molecule has 0 spiro atoms. The van der Waals surface area contributed by atoms with E-state index in [-0.39, 0.29) is 0 Å².